The topological polar surface area (TPSA) is 50.2 Å². The largest absolute Gasteiger partial charge is 0.361 e. The summed E-state index contributed by atoms with van der Waals surface area (Å²) in [6.07, 6.45) is 3.99. The van der Waals surface area contributed by atoms with Crippen LogP contribution in [0.4, 0.5) is 5.69 Å². The second-order valence-electron chi connectivity index (χ2n) is 8.13. The van der Waals surface area contributed by atoms with E-state index >= 15 is 0 Å². The van der Waals surface area contributed by atoms with Crippen LogP contribution in [0.1, 0.15) is 40.5 Å². The van der Waals surface area contributed by atoms with Crippen LogP contribution in [0.3, 0.4) is 0 Å². The Bertz CT molecular complexity index is 1230. The number of amides is 1. The zero-order valence-electron chi connectivity index (χ0n) is 16.9. The van der Waals surface area contributed by atoms with Crippen LogP contribution in [0.2, 0.25) is 0 Å². The lowest BCUT2D eigenvalue weighted by Gasteiger charge is -2.38. The van der Waals surface area contributed by atoms with E-state index in [-0.39, 0.29) is 18.1 Å². The predicted octanol–water partition coefficient (Wildman–Crippen LogP) is 5.39. The minimum atomic E-state index is -0.225. The van der Waals surface area contributed by atoms with Crippen molar-refractivity contribution in [3.63, 3.8) is 0 Å². The van der Waals surface area contributed by atoms with E-state index in [9.17, 15) is 4.79 Å². The van der Waals surface area contributed by atoms with E-state index in [1.165, 1.54) is 5.56 Å². The number of carbonyl (C=O) groups is 1. The van der Waals surface area contributed by atoms with Gasteiger partial charge in [-0.25, -0.2) is 0 Å². The van der Waals surface area contributed by atoms with Crippen LogP contribution in [0.25, 0.3) is 10.6 Å². The zero-order chi connectivity index (χ0) is 20.8. The highest BCUT2D eigenvalue weighted by atomic mass is 32.1. The lowest BCUT2D eigenvalue weighted by Crippen LogP contribution is -2.44. The summed E-state index contributed by atoms with van der Waals surface area (Å²) >= 11 is 1.68. The molecular formula is C25H22N4OS. The van der Waals surface area contributed by atoms with Gasteiger partial charge < -0.3 is 10.2 Å². The minimum Gasteiger partial charge on any atom is -0.361 e. The number of rotatable bonds is 5. The highest BCUT2D eigenvalue weighted by molar-refractivity contribution is 7.13. The quantitative estimate of drug-likeness (QED) is 0.466. The molecule has 0 radical (unpaired) electrons. The van der Waals surface area contributed by atoms with Crippen molar-refractivity contribution >= 4 is 22.9 Å². The molecule has 1 saturated carbocycles. The molecule has 1 atom stereocenters. The second-order valence-corrected chi connectivity index (χ2v) is 9.08. The standard InChI is InChI=1S/C25H22N4OS/c30-25-19-9-4-5-10-21(19)26-24(29(25)18-12-13-18)20-16-28(15-17-7-2-1-3-8-17)27-23(20)22-11-6-14-31-22/h1-11,14,16,18,24,26H,12-13,15H2. The van der Waals surface area contributed by atoms with E-state index in [1.54, 1.807) is 11.3 Å². The molecule has 1 N–H and O–H groups in total. The maximum absolute atomic E-state index is 13.4. The molecule has 1 unspecified atom stereocenters. The molecule has 5 nitrogen and oxygen atoms in total. The molecule has 2 aromatic heterocycles. The maximum atomic E-state index is 13.4. The average Bonchev–Trinajstić information content (AvgIpc) is 3.31. The molecular weight excluding hydrogens is 404 g/mol. The number of hydrogen-bond donors (Lipinski definition) is 1. The SMILES string of the molecule is O=C1c2ccccc2NC(c2cn(Cc3ccccc3)nc2-c2cccs2)N1C1CC1. The Morgan fingerprint density at radius 2 is 1.81 bits per heavy atom. The van der Waals surface area contributed by atoms with Crippen LogP contribution in [0.5, 0.6) is 0 Å². The van der Waals surface area contributed by atoms with Gasteiger partial charge in [-0.05, 0) is 42.0 Å². The van der Waals surface area contributed by atoms with Crippen LogP contribution in [-0.2, 0) is 6.54 Å². The highest BCUT2D eigenvalue weighted by Crippen LogP contribution is 2.43. The van der Waals surface area contributed by atoms with Crippen molar-refractivity contribution in [2.24, 2.45) is 0 Å². The van der Waals surface area contributed by atoms with Gasteiger partial charge in [-0.1, -0.05) is 48.5 Å². The number of anilines is 1. The fourth-order valence-electron chi connectivity index (χ4n) is 4.32. The first-order chi connectivity index (χ1) is 15.3. The second kappa shape index (κ2) is 7.39. The van der Waals surface area contributed by atoms with Gasteiger partial charge in [-0.15, -0.1) is 11.3 Å². The Kier molecular flexibility index (Phi) is 4.39. The summed E-state index contributed by atoms with van der Waals surface area (Å²) in [5, 5.41) is 10.7. The Balaban J connectivity index is 1.45. The molecule has 2 aromatic carbocycles. The molecule has 1 fully saturated rings. The molecule has 4 aromatic rings. The lowest BCUT2D eigenvalue weighted by atomic mass is 10.0. The number of benzene rings is 2. The Morgan fingerprint density at radius 3 is 2.58 bits per heavy atom. The molecule has 0 spiro atoms. The fraction of sp³-hybridized carbons (Fsp3) is 0.200. The molecule has 6 rings (SSSR count). The van der Waals surface area contributed by atoms with E-state index in [1.807, 2.05) is 58.1 Å². The maximum Gasteiger partial charge on any atom is 0.258 e. The van der Waals surface area contributed by atoms with Crippen molar-refractivity contribution in [2.45, 2.75) is 31.6 Å². The third-order valence-corrected chi connectivity index (χ3v) is 6.81. The Hall–Kier alpha value is -3.38. The van der Waals surface area contributed by atoms with Crippen LogP contribution in [-0.4, -0.2) is 26.6 Å². The number of fused-ring (bicyclic) bond motifs is 1. The molecule has 1 amide bonds. The molecule has 0 bridgehead atoms. The molecule has 2 aliphatic rings. The van der Waals surface area contributed by atoms with E-state index in [0.29, 0.717) is 6.54 Å². The first-order valence-electron chi connectivity index (χ1n) is 10.6. The van der Waals surface area contributed by atoms with E-state index in [2.05, 4.69) is 35.1 Å². The molecule has 3 heterocycles. The summed E-state index contributed by atoms with van der Waals surface area (Å²) < 4.78 is 2.00. The molecule has 0 saturated heterocycles. The van der Waals surface area contributed by atoms with Crippen LogP contribution < -0.4 is 5.32 Å². The van der Waals surface area contributed by atoms with Crippen LogP contribution in [0, 0.1) is 0 Å². The van der Waals surface area contributed by atoms with Crippen LogP contribution >= 0.6 is 11.3 Å². The number of thiophene rings is 1. The van der Waals surface area contributed by atoms with E-state index in [0.717, 1.165) is 40.2 Å². The number of hydrogen-bond acceptors (Lipinski definition) is 4. The normalized spacial score (nSPS) is 18.0. The van der Waals surface area contributed by atoms with E-state index < -0.39 is 0 Å². The van der Waals surface area contributed by atoms with Crippen molar-refractivity contribution in [1.29, 1.82) is 0 Å². The average molecular weight is 427 g/mol. The van der Waals surface area contributed by atoms with Gasteiger partial charge in [0.2, 0.25) is 0 Å². The monoisotopic (exact) mass is 426 g/mol. The van der Waals surface area contributed by atoms with Crippen molar-refractivity contribution in [1.82, 2.24) is 14.7 Å². The zero-order valence-corrected chi connectivity index (χ0v) is 17.8. The van der Waals surface area contributed by atoms with Gasteiger partial charge in [0.15, 0.2) is 0 Å². The number of carbonyl (C=O) groups excluding carboxylic acids is 1. The molecule has 1 aliphatic carbocycles. The molecule has 1 aliphatic heterocycles. The summed E-state index contributed by atoms with van der Waals surface area (Å²) in [6.45, 7) is 0.694. The third kappa shape index (κ3) is 3.33. The molecule has 6 heteroatoms. The summed E-state index contributed by atoms with van der Waals surface area (Å²) in [6, 6.07) is 22.6. The van der Waals surface area contributed by atoms with Crippen molar-refractivity contribution in [3.05, 3.63) is 95.0 Å². The first kappa shape index (κ1) is 18.4. The Morgan fingerprint density at radius 1 is 1.00 bits per heavy atom. The van der Waals surface area contributed by atoms with Crippen molar-refractivity contribution < 1.29 is 4.79 Å². The van der Waals surface area contributed by atoms with Crippen LogP contribution in [0.15, 0.2) is 78.3 Å². The van der Waals surface area contributed by atoms with Gasteiger partial charge in [-0.2, -0.15) is 5.10 Å². The molecule has 154 valence electrons. The smallest absolute Gasteiger partial charge is 0.258 e. The van der Waals surface area contributed by atoms with Crippen molar-refractivity contribution in [2.75, 3.05) is 5.32 Å². The Labute approximate surface area is 184 Å². The minimum absolute atomic E-state index is 0.106. The summed E-state index contributed by atoms with van der Waals surface area (Å²) in [7, 11) is 0. The summed E-state index contributed by atoms with van der Waals surface area (Å²) in [5.41, 5.74) is 4.84. The van der Waals surface area contributed by atoms with Gasteiger partial charge in [0.25, 0.3) is 5.91 Å². The number of nitrogens with one attached hydrogen (secondary N) is 1. The fourth-order valence-corrected chi connectivity index (χ4v) is 5.05. The molecule has 31 heavy (non-hydrogen) atoms. The first-order valence-corrected chi connectivity index (χ1v) is 11.5. The summed E-state index contributed by atoms with van der Waals surface area (Å²) in [4.78, 5) is 16.6. The number of nitrogens with zero attached hydrogens (tertiary/aromatic N) is 3. The lowest BCUT2D eigenvalue weighted by molar-refractivity contribution is 0.0667. The third-order valence-electron chi connectivity index (χ3n) is 5.93. The van der Waals surface area contributed by atoms with E-state index in [4.69, 9.17) is 5.10 Å². The van der Waals surface area contributed by atoms with Gasteiger partial charge in [-0.3, -0.25) is 9.48 Å². The number of aromatic nitrogens is 2. The van der Waals surface area contributed by atoms with Gasteiger partial charge in [0.05, 0.1) is 17.0 Å². The highest BCUT2D eigenvalue weighted by Gasteiger charge is 2.43. The van der Waals surface area contributed by atoms with Crippen molar-refractivity contribution in [3.8, 4) is 10.6 Å². The number of para-hydroxylation sites is 1. The van der Waals surface area contributed by atoms with Gasteiger partial charge >= 0.3 is 0 Å². The predicted molar refractivity (Wildman–Crippen MR) is 123 cm³/mol. The van der Waals surface area contributed by atoms with Gasteiger partial charge in [0.1, 0.15) is 11.9 Å². The van der Waals surface area contributed by atoms with Gasteiger partial charge in [0, 0.05) is 23.5 Å². The summed E-state index contributed by atoms with van der Waals surface area (Å²) in [5.74, 6) is 0.106.